The van der Waals surface area contributed by atoms with Crippen LogP contribution in [0.25, 0.3) is 0 Å². The van der Waals surface area contributed by atoms with Gasteiger partial charge in [-0.3, -0.25) is 0 Å². The normalized spacial score (nSPS) is 29.6. The predicted octanol–water partition coefficient (Wildman–Crippen LogP) is 5.35. The Morgan fingerprint density at radius 1 is 1.31 bits per heavy atom. The Kier molecular flexibility index (Phi) is 4.21. The van der Waals surface area contributed by atoms with Gasteiger partial charge >= 0.3 is 0 Å². The molecule has 0 aromatic heterocycles. The predicted molar refractivity (Wildman–Crippen MR) is 74.8 cm³/mol. The summed E-state index contributed by atoms with van der Waals surface area (Å²) in [6.45, 7) is 2.32. The average Bonchev–Trinajstić information content (AvgIpc) is 2.55. The van der Waals surface area contributed by atoms with Crippen LogP contribution in [0.5, 0.6) is 0 Å². The third-order valence-electron chi connectivity index (χ3n) is 3.62. The van der Waals surface area contributed by atoms with E-state index in [0.29, 0.717) is 4.83 Å². The Labute approximate surface area is 115 Å². The zero-order valence-electron chi connectivity index (χ0n) is 9.22. The van der Waals surface area contributed by atoms with Crippen molar-refractivity contribution in [1.29, 1.82) is 0 Å². The Morgan fingerprint density at radius 3 is 2.69 bits per heavy atom. The van der Waals surface area contributed by atoms with E-state index in [9.17, 15) is 0 Å². The van der Waals surface area contributed by atoms with Crippen molar-refractivity contribution in [3.05, 3.63) is 33.8 Å². The molecule has 0 bridgehead atoms. The maximum atomic E-state index is 6.19. The highest BCUT2D eigenvalue weighted by Crippen LogP contribution is 2.39. The quantitative estimate of drug-likeness (QED) is 0.644. The van der Waals surface area contributed by atoms with E-state index in [1.165, 1.54) is 18.4 Å². The van der Waals surface area contributed by atoms with Crippen LogP contribution in [0.4, 0.5) is 0 Å². The summed E-state index contributed by atoms with van der Waals surface area (Å²) in [7, 11) is 0. The van der Waals surface area contributed by atoms with E-state index in [1.807, 2.05) is 18.2 Å². The van der Waals surface area contributed by atoms with Crippen LogP contribution in [0, 0.1) is 11.8 Å². The average molecular weight is 322 g/mol. The van der Waals surface area contributed by atoms with E-state index >= 15 is 0 Å². The van der Waals surface area contributed by atoms with Gasteiger partial charge < -0.3 is 0 Å². The number of benzene rings is 1. The lowest BCUT2D eigenvalue weighted by molar-refractivity contribution is 0.423. The summed E-state index contributed by atoms with van der Waals surface area (Å²) in [6.07, 6.45) is 3.59. The first-order valence-corrected chi connectivity index (χ1v) is 7.33. The maximum Gasteiger partial charge on any atom is 0.0439 e. The van der Waals surface area contributed by atoms with Gasteiger partial charge in [-0.1, -0.05) is 46.1 Å². The summed E-state index contributed by atoms with van der Waals surface area (Å²) in [5.74, 6) is 1.44. The fourth-order valence-electron chi connectivity index (χ4n) is 2.46. The molecule has 3 unspecified atom stereocenters. The Hall–Kier alpha value is 0.280. The van der Waals surface area contributed by atoms with Crippen molar-refractivity contribution in [3.8, 4) is 0 Å². The van der Waals surface area contributed by atoms with Crippen molar-refractivity contribution in [2.45, 2.75) is 31.0 Å². The molecule has 0 saturated heterocycles. The minimum Gasteiger partial charge on any atom is -0.0888 e. The number of rotatable bonds is 2. The Bertz CT molecular complexity index is 378. The van der Waals surface area contributed by atoms with Crippen LogP contribution < -0.4 is 0 Å². The van der Waals surface area contributed by atoms with Crippen LogP contribution in [-0.2, 0) is 6.42 Å². The largest absolute Gasteiger partial charge is 0.0888 e. The molecule has 0 aliphatic heterocycles. The van der Waals surface area contributed by atoms with Gasteiger partial charge in [0.25, 0.3) is 0 Å². The van der Waals surface area contributed by atoms with E-state index in [0.717, 1.165) is 28.3 Å². The van der Waals surface area contributed by atoms with E-state index in [2.05, 4.69) is 22.9 Å². The van der Waals surface area contributed by atoms with Gasteiger partial charge in [0.2, 0.25) is 0 Å². The molecule has 0 N–H and O–H groups in total. The molecule has 1 aliphatic rings. The smallest absolute Gasteiger partial charge is 0.0439 e. The standard InChI is InChI=1S/C13H15BrCl2/c1-8-9(2-4-12(8)14)6-10-7-11(15)3-5-13(10)16/h3,5,7-9,12H,2,4,6H2,1H3. The zero-order valence-corrected chi connectivity index (χ0v) is 12.3. The molecule has 2 rings (SSSR count). The highest BCUT2D eigenvalue weighted by atomic mass is 79.9. The SMILES string of the molecule is CC1C(Br)CCC1Cc1cc(Cl)ccc1Cl. The molecule has 1 fully saturated rings. The zero-order chi connectivity index (χ0) is 11.7. The van der Waals surface area contributed by atoms with E-state index in [4.69, 9.17) is 23.2 Å². The van der Waals surface area contributed by atoms with Gasteiger partial charge in [-0.05, 0) is 54.9 Å². The monoisotopic (exact) mass is 320 g/mol. The third kappa shape index (κ3) is 2.75. The number of alkyl halides is 1. The van der Waals surface area contributed by atoms with Crippen molar-refractivity contribution >= 4 is 39.1 Å². The van der Waals surface area contributed by atoms with Gasteiger partial charge in [0, 0.05) is 14.9 Å². The molecule has 1 aromatic rings. The number of hydrogen-bond donors (Lipinski definition) is 0. The minimum atomic E-state index is 0.662. The Balaban J connectivity index is 2.12. The molecule has 1 aromatic carbocycles. The third-order valence-corrected chi connectivity index (χ3v) is 5.51. The van der Waals surface area contributed by atoms with Crippen LogP contribution in [0.15, 0.2) is 18.2 Å². The molecular weight excluding hydrogens is 307 g/mol. The molecule has 0 radical (unpaired) electrons. The van der Waals surface area contributed by atoms with Crippen LogP contribution in [0.2, 0.25) is 10.0 Å². The van der Waals surface area contributed by atoms with Crippen LogP contribution in [0.3, 0.4) is 0 Å². The molecule has 1 saturated carbocycles. The summed E-state index contributed by atoms with van der Waals surface area (Å²) < 4.78 is 0. The number of hydrogen-bond acceptors (Lipinski definition) is 0. The van der Waals surface area contributed by atoms with E-state index in [-0.39, 0.29) is 0 Å². The second kappa shape index (κ2) is 5.29. The topological polar surface area (TPSA) is 0 Å². The second-order valence-electron chi connectivity index (χ2n) is 4.65. The van der Waals surface area contributed by atoms with Crippen molar-refractivity contribution in [1.82, 2.24) is 0 Å². The molecule has 88 valence electrons. The summed E-state index contributed by atoms with van der Waals surface area (Å²) in [6, 6.07) is 5.74. The first kappa shape index (κ1) is 12.7. The fraction of sp³-hybridized carbons (Fsp3) is 0.538. The maximum absolute atomic E-state index is 6.19. The molecule has 16 heavy (non-hydrogen) atoms. The molecule has 0 nitrogen and oxygen atoms in total. The Morgan fingerprint density at radius 2 is 2.06 bits per heavy atom. The highest BCUT2D eigenvalue weighted by Gasteiger charge is 2.31. The van der Waals surface area contributed by atoms with Gasteiger partial charge in [-0.25, -0.2) is 0 Å². The summed E-state index contributed by atoms with van der Waals surface area (Å²) in [4.78, 5) is 0.662. The molecular formula is C13H15BrCl2. The van der Waals surface area contributed by atoms with Crippen molar-refractivity contribution in [3.63, 3.8) is 0 Å². The van der Waals surface area contributed by atoms with E-state index in [1.54, 1.807) is 0 Å². The molecule has 0 heterocycles. The second-order valence-corrected chi connectivity index (χ2v) is 6.67. The van der Waals surface area contributed by atoms with Crippen molar-refractivity contribution in [2.75, 3.05) is 0 Å². The summed E-state index contributed by atoms with van der Waals surface area (Å²) in [5.41, 5.74) is 1.19. The van der Waals surface area contributed by atoms with Crippen LogP contribution >= 0.6 is 39.1 Å². The lowest BCUT2D eigenvalue weighted by atomic mass is 9.91. The lowest BCUT2D eigenvalue weighted by Gasteiger charge is -2.18. The molecule has 3 atom stereocenters. The molecule has 0 amide bonds. The lowest BCUT2D eigenvalue weighted by Crippen LogP contribution is -2.13. The first-order valence-electron chi connectivity index (χ1n) is 5.66. The van der Waals surface area contributed by atoms with Gasteiger partial charge in [-0.15, -0.1) is 0 Å². The number of halogens is 3. The molecule has 3 heteroatoms. The van der Waals surface area contributed by atoms with Crippen molar-refractivity contribution in [2.24, 2.45) is 11.8 Å². The van der Waals surface area contributed by atoms with Gasteiger partial charge in [-0.2, -0.15) is 0 Å². The fourth-order valence-corrected chi connectivity index (χ4v) is 3.55. The van der Waals surface area contributed by atoms with Crippen molar-refractivity contribution < 1.29 is 0 Å². The molecule has 0 spiro atoms. The van der Waals surface area contributed by atoms with Gasteiger partial charge in [0.1, 0.15) is 0 Å². The van der Waals surface area contributed by atoms with Gasteiger partial charge in [0.15, 0.2) is 0 Å². The van der Waals surface area contributed by atoms with Crippen LogP contribution in [0.1, 0.15) is 25.3 Å². The van der Waals surface area contributed by atoms with E-state index < -0.39 is 0 Å². The van der Waals surface area contributed by atoms with Crippen LogP contribution in [-0.4, -0.2) is 4.83 Å². The van der Waals surface area contributed by atoms with Gasteiger partial charge in [0.05, 0.1) is 0 Å². The molecule has 1 aliphatic carbocycles. The highest BCUT2D eigenvalue weighted by molar-refractivity contribution is 9.09. The first-order chi connectivity index (χ1) is 7.58. The summed E-state index contributed by atoms with van der Waals surface area (Å²) >= 11 is 15.9. The summed E-state index contributed by atoms with van der Waals surface area (Å²) in [5, 5.41) is 1.62. The minimum absolute atomic E-state index is 0.662.